The highest BCUT2D eigenvalue weighted by atomic mass is 35.5. The molecular weight excluding hydrogens is 360 g/mol. The topological polar surface area (TPSA) is 67.4 Å². The van der Waals surface area contributed by atoms with E-state index in [4.69, 9.17) is 29.0 Å². The van der Waals surface area contributed by atoms with Gasteiger partial charge >= 0.3 is 0 Å². The molecule has 1 unspecified atom stereocenters. The average molecular weight is 379 g/mol. The van der Waals surface area contributed by atoms with E-state index < -0.39 is 4.75 Å². The monoisotopic (exact) mass is 378 g/mol. The van der Waals surface area contributed by atoms with Crippen LogP contribution in [0.1, 0.15) is 11.4 Å². The van der Waals surface area contributed by atoms with Crippen molar-refractivity contribution in [3.63, 3.8) is 0 Å². The molecule has 1 atom stereocenters. The van der Waals surface area contributed by atoms with Crippen LogP contribution in [-0.2, 0) is 14.3 Å². The van der Waals surface area contributed by atoms with Gasteiger partial charge < -0.3 is 10.1 Å². The van der Waals surface area contributed by atoms with E-state index in [9.17, 15) is 4.79 Å². The Morgan fingerprint density at radius 1 is 1.24 bits per heavy atom. The molecule has 1 amide bonds. The number of carbonyl (C=O) groups is 1. The number of morpholine rings is 1. The van der Waals surface area contributed by atoms with Gasteiger partial charge in [0.15, 0.2) is 10.6 Å². The number of rotatable bonds is 5. The van der Waals surface area contributed by atoms with Gasteiger partial charge in [0, 0.05) is 30.5 Å². The maximum Gasteiger partial charge on any atom is 0.249 e. The summed E-state index contributed by atoms with van der Waals surface area (Å²) in [5.41, 5.74) is 0.658. The maximum atomic E-state index is 13.0. The van der Waals surface area contributed by atoms with Gasteiger partial charge in [-0.3, -0.25) is 9.69 Å². The molecule has 1 aromatic heterocycles. The summed E-state index contributed by atoms with van der Waals surface area (Å²) in [6.45, 7) is 3.32. The van der Waals surface area contributed by atoms with Gasteiger partial charge in [0.05, 0.1) is 19.9 Å². The van der Waals surface area contributed by atoms with Crippen LogP contribution in [0.4, 0.5) is 0 Å². The zero-order valence-electron chi connectivity index (χ0n) is 13.6. The van der Waals surface area contributed by atoms with E-state index >= 15 is 0 Å². The molecule has 0 aliphatic carbocycles. The molecule has 132 valence electrons. The second-order valence-corrected chi connectivity index (χ2v) is 6.79. The summed E-state index contributed by atoms with van der Waals surface area (Å²) >= 11 is 10.7. The Balaban J connectivity index is 1.85. The van der Waals surface area contributed by atoms with Gasteiger partial charge in [0.2, 0.25) is 5.91 Å². The van der Waals surface area contributed by atoms with Crippen LogP contribution >= 0.6 is 24.2 Å². The molecule has 1 aliphatic rings. The minimum absolute atomic E-state index is 0.282. The number of benzene rings is 1. The van der Waals surface area contributed by atoms with Crippen LogP contribution in [0.3, 0.4) is 0 Å². The fourth-order valence-corrected chi connectivity index (χ4v) is 3.08. The van der Waals surface area contributed by atoms with E-state index in [-0.39, 0.29) is 5.91 Å². The Hall–Kier alpha value is -1.67. The Morgan fingerprint density at radius 2 is 1.88 bits per heavy atom. The molecule has 2 aromatic rings. The van der Waals surface area contributed by atoms with Crippen LogP contribution in [0.2, 0.25) is 5.02 Å². The molecule has 0 spiro atoms. The third-order valence-corrected chi connectivity index (χ3v) is 4.96. The number of ether oxygens (including phenoxy) is 1. The number of thiol groups is 1. The van der Waals surface area contributed by atoms with Gasteiger partial charge in [-0.25, -0.2) is 9.97 Å². The van der Waals surface area contributed by atoms with Crippen LogP contribution < -0.4 is 5.32 Å². The highest BCUT2D eigenvalue weighted by molar-refractivity contribution is 7.82. The van der Waals surface area contributed by atoms with Crippen molar-refractivity contribution in [3.05, 3.63) is 59.1 Å². The number of hydrogen-bond acceptors (Lipinski definition) is 6. The minimum Gasteiger partial charge on any atom is -0.379 e. The lowest BCUT2D eigenvalue weighted by atomic mass is 9.96. The second kappa shape index (κ2) is 8.14. The molecule has 1 N–H and O–H groups in total. The number of hydrogen-bond donors (Lipinski definition) is 2. The van der Waals surface area contributed by atoms with Crippen molar-refractivity contribution in [1.82, 2.24) is 20.2 Å². The zero-order chi connectivity index (χ0) is 17.7. The molecule has 0 radical (unpaired) electrons. The van der Waals surface area contributed by atoms with E-state index in [1.54, 1.807) is 42.7 Å². The number of aromatic nitrogens is 2. The summed E-state index contributed by atoms with van der Waals surface area (Å²) in [5.74, 6) is 0.0379. The standard InChI is InChI=1S/C17H19ClN4O2S/c18-14-4-2-13(3-5-14)17(25,15-19-6-1-7-20-15)16(23)21-12-22-8-10-24-11-9-22/h1-7,25H,8-12H2,(H,21,23). The molecule has 2 heterocycles. The molecular formula is C17H19ClN4O2S. The fraction of sp³-hybridized carbons (Fsp3) is 0.353. The first kappa shape index (κ1) is 18.1. The van der Waals surface area contributed by atoms with Crippen LogP contribution in [0.25, 0.3) is 0 Å². The summed E-state index contributed by atoms with van der Waals surface area (Å²) < 4.78 is 4.01. The van der Waals surface area contributed by atoms with Crippen molar-refractivity contribution in [2.75, 3.05) is 33.0 Å². The number of halogens is 1. The predicted molar refractivity (Wildman–Crippen MR) is 98.7 cm³/mol. The maximum absolute atomic E-state index is 13.0. The van der Waals surface area contributed by atoms with Crippen molar-refractivity contribution in [1.29, 1.82) is 0 Å². The van der Waals surface area contributed by atoms with Crippen LogP contribution in [0.15, 0.2) is 42.7 Å². The van der Waals surface area contributed by atoms with Crippen molar-refractivity contribution in [2.24, 2.45) is 0 Å². The van der Waals surface area contributed by atoms with Gasteiger partial charge in [-0.05, 0) is 23.8 Å². The summed E-state index contributed by atoms with van der Waals surface area (Å²) in [5, 5.41) is 3.53. The quantitative estimate of drug-likeness (QED) is 0.775. The van der Waals surface area contributed by atoms with Gasteiger partial charge in [-0.1, -0.05) is 23.7 Å². The lowest BCUT2D eigenvalue weighted by molar-refractivity contribution is -0.123. The molecule has 1 saturated heterocycles. The first-order valence-corrected chi connectivity index (χ1v) is 8.77. The zero-order valence-corrected chi connectivity index (χ0v) is 15.2. The summed E-state index contributed by atoms with van der Waals surface area (Å²) in [6.07, 6.45) is 3.19. The molecule has 25 heavy (non-hydrogen) atoms. The average Bonchev–Trinajstić information content (AvgIpc) is 2.67. The smallest absolute Gasteiger partial charge is 0.249 e. The summed E-state index contributed by atoms with van der Waals surface area (Å²) in [6, 6.07) is 8.67. The molecule has 8 heteroatoms. The number of carbonyl (C=O) groups excluding carboxylic acids is 1. The Kier molecular flexibility index (Phi) is 5.90. The summed E-state index contributed by atoms with van der Waals surface area (Å²) in [7, 11) is 0. The van der Waals surface area contributed by atoms with Crippen LogP contribution in [-0.4, -0.2) is 53.7 Å². The normalized spacial score (nSPS) is 17.7. The largest absolute Gasteiger partial charge is 0.379 e. The first-order chi connectivity index (χ1) is 12.1. The second-order valence-electron chi connectivity index (χ2n) is 5.68. The Bertz CT molecular complexity index is 710. The van der Waals surface area contributed by atoms with Crippen molar-refractivity contribution < 1.29 is 9.53 Å². The predicted octanol–water partition coefficient (Wildman–Crippen LogP) is 1.71. The molecule has 0 bridgehead atoms. The number of nitrogens with one attached hydrogen (secondary N) is 1. The van der Waals surface area contributed by atoms with E-state index in [2.05, 4.69) is 20.2 Å². The minimum atomic E-state index is -1.31. The van der Waals surface area contributed by atoms with Gasteiger partial charge in [-0.2, -0.15) is 0 Å². The number of amides is 1. The molecule has 1 fully saturated rings. The van der Waals surface area contributed by atoms with E-state index in [1.807, 2.05) is 0 Å². The SMILES string of the molecule is O=C(NCN1CCOCC1)C(S)(c1ccc(Cl)cc1)c1ncccn1. The first-order valence-electron chi connectivity index (χ1n) is 7.95. The summed E-state index contributed by atoms with van der Waals surface area (Å²) in [4.78, 5) is 23.7. The van der Waals surface area contributed by atoms with Crippen molar-refractivity contribution >= 4 is 30.1 Å². The third-order valence-electron chi connectivity index (χ3n) is 4.05. The van der Waals surface area contributed by atoms with Gasteiger partial charge in [0.1, 0.15) is 0 Å². The molecule has 1 aliphatic heterocycles. The van der Waals surface area contributed by atoms with E-state index in [0.717, 1.165) is 13.1 Å². The van der Waals surface area contributed by atoms with Crippen molar-refractivity contribution in [3.8, 4) is 0 Å². The van der Waals surface area contributed by atoms with E-state index in [0.29, 0.717) is 36.3 Å². The van der Waals surface area contributed by atoms with Gasteiger partial charge in [0.25, 0.3) is 0 Å². The fourth-order valence-electron chi connectivity index (χ4n) is 2.61. The van der Waals surface area contributed by atoms with Crippen LogP contribution in [0, 0.1) is 0 Å². The molecule has 6 nitrogen and oxygen atoms in total. The Labute approximate surface area is 157 Å². The van der Waals surface area contributed by atoms with E-state index in [1.165, 1.54) is 0 Å². The third kappa shape index (κ3) is 4.12. The molecule has 3 rings (SSSR count). The highest BCUT2D eigenvalue weighted by Gasteiger charge is 2.41. The van der Waals surface area contributed by atoms with Crippen LogP contribution in [0.5, 0.6) is 0 Å². The van der Waals surface area contributed by atoms with Gasteiger partial charge in [-0.15, -0.1) is 12.6 Å². The highest BCUT2D eigenvalue weighted by Crippen LogP contribution is 2.34. The molecule has 0 saturated carbocycles. The molecule has 1 aromatic carbocycles. The number of nitrogens with zero attached hydrogens (tertiary/aromatic N) is 3. The lowest BCUT2D eigenvalue weighted by Crippen LogP contribution is -2.49. The lowest BCUT2D eigenvalue weighted by Gasteiger charge is -2.30. The Morgan fingerprint density at radius 3 is 2.52 bits per heavy atom. The van der Waals surface area contributed by atoms with Crippen molar-refractivity contribution in [2.45, 2.75) is 4.75 Å².